The fraction of sp³-hybridized carbons (Fsp3) is 0.300. The summed E-state index contributed by atoms with van der Waals surface area (Å²) in [5.41, 5.74) is 2.93. The van der Waals surface area contributed by atoms with E-state index in [4.69, 9.17) is 27.9 Å². The summed E-state index contributed by atoms with van der Waals surface area (Å²) in [6.07, 6.45) is 0. The van der Waals surface area contributed by atoms with Gasteiger partial charge in [0.15, 0.2) is 0 Å². The predicted octanol–water partition coefficient (Wildman–Crippen LogP) is 5.49. The van der Waals surface area contributed by atoms with Gasteiger partial charge in [0, 0.05) is 5.56 Å². The zero-order valence-corrected chi connectivity index (χ0v) is 22.2. The van der Waals surface area contributed by atoms with Crippen LogP contribution in [0.3, 0.4) is 0 Å². The van der Waals surface area contributed by atoms with Crippen molar-refractivity contribution in [1.82, 2.24) is 4.90 Å². The zero-order chi connectivity index (χ0) is 27.0. The quantitative estimate of drug-likeness (QED) is 0.239. The number of hydrogen-bond donors (Lipinski definition) is 0. The number of imide groups is 1. The molecule has 2 bridgehead atoms. The Hall–Kier alpha value is -3.22. The summed E-state index contributed by atoms with van der Waals surface area (Å²) in [7, 11) is 0. The maximum Gasteiger partial charge on any atom is 0.329 e. The van der Waals surface area contributed by atoms with Crippen molar-refractivity contribution in [1.29, 1.82) is 0 Å². The van der Waals surface area contributed by atoms with E-state index < -0.39 is 57.1 Å². The van der Waals surface area contributed by atoms with Gasteiger partial charge in [0.25, 0.3) is 0 Å². The molecule has 8 heteroatoms. The van der Waals surface area contributed by atoms with E-state index >= 15 is 0 Å². The summed E-state index contributed by atoms with van der Waals surface area (Å²) in [5, 5.41) is 0. The van der Waals surface area contributed by atoms with Gasteiger partial charge in [0.1, 0.15) is 28.2 Å². The van der Waals surface area contributed by atoms with Crippen molar-refractivity contribution < 1.29 is 23.5 Å². The van der Waals surface area contributed by atoms with Crippen LogP contribution in [0.2, 0.25) is 0 Å². The highest BCUT2D eigenvalue weighted by molar-refractivity contribution is 6.36. The maximum absolute atomic E-state index is 14.2. The first-order valence-corrected chi connectivity index (χ1v) is 13.2. The number of ether oxygens (including phenoxy) is 1. The Kier molecular flexibility index (Phi) is 5.71. The van der Waals surface area contributed by atoms with E-state index in [0.29, 0.717) is 22.3 Å². The normalized spacial score (nSPS) is 27.7. The van der Waals surface area contributed by atoms with Gasteiger partial charge < -0.3 is 4.74 Å². The molecule has 0 radical (unpaired) electrons. The lowest BCUT2D eigenvalue weighted by atomic mass is 9.54. The largest absolute Gasteiger partial charge is 0.459 e. The molecule has 3 aliphatic carbocycles. The Balaban J connectivity index is 1.43. The first-order valence-electron chi connectivity index (χ1n) is 12.5. The fourth-order valence-corrected chi connectivity index (χ4v) is 7.59. The number of rotatable bonds is 5. The number of carbonyl (C=O) groups excluding carboxylic acids is 3. The van der Waals surface area contributed by atoms with E-state index in [-0.39, 0.29) is 12.2 Å². The molecule has 38 heavy (non-hydrogen) atoms. The standard InChI is InChI=1S/C30H24Cl2FNO4/c1-16(2)25(28(37)38-15-17-9-3-8-14-22(17)33)34-26(35)23-24(27(34)36)30(32)19-11-5-4-10-18(19)29(23,31)20-12-6-7-13-21(20)30/h3-14,16,23-25H,15H2,1-2H3/t23-,24-,25-,29?,30?/m0/s1. The van der Waals surface area contributed by atoms with E-state index in [1.54, 1.807) is 19.9 Å². The molecule has 2 amide bonds. The van der Waals surface area contributed by atoms with Crippen LogP contribution in [0.25, 0.3) is 0 Å². The van der Waals surface area contributed by atoms with Gasteiger partial charge in [-0.25, -0.2) is 9.18 Å². The molecule has 3 aromatic carbocycles. The van der Waals surface area contributed by atoms with Crippen LogP contribution >= 0.6 is 23.2 Å². The topological polar surface area (TPSA) is 63.7 Å². The Labute approximate surface area is 229 Å². The molecule has 0 saturated carbocycles. The van der Waals surface area contributed by atoms with Gasteiger partial charge in [-0.05, 0) is 34.2 Å². The minimum absolute atomic E-state index is 0.194. The highest BCUT2D eigenvalue weighted by Gasteiger charge is 2.74. The van der Waals surface area contributed by atoms with Gasteiger partial charge in [-0.15, -0.1) is 23.2 Å². The molecule has 1 saturated heterocycles. The fourth-order valence-electron chi connectivity index (χ4n) is 6.49. The minimum Gasteiger partial charge on any atom is -0.459 e. The SMILES string of the molecule is CC(C)[C@@H](C(=O)OCc1ccccc1F)N1C(=O)[C@@H]2[C@@H](C1=O)C1(Cl)c3ccccc3C2(Cl)c2ccccc21. The average Bonchev–Trinajstić information content (AvgIpc) is 3.18. The zero-order valence-electron chi connectivity index (χ0n) is 20.7. The van der Waals surface area contributed by atoms with E-state index in [0.717, 1.165) is 4.90 Å². The van der Waals surface area contributed by atoms with E-state index in [1.807, 2.05) is 48.5 Å². The van der Waals surface area contributed by atoms with Crippen LogP contribution in [0.15, 0.2) is 72.8 Å². The van der Waals surface area contributed by atoms with Crippen LogP contribution in [0.5, 0.6) is 0 Å². The van der Waals surface area contributed by atoms with Crippen molar-refractivity contribution >= 4 is 41.0 Å². The number of carbonyl (C=O) groups is 3. The van der Waals surface area contributed by atoms with E-state index in [9.17, 15) is 18.8 Å². The number of benzene rings is 3. The second-order valence-electron chi connectivity index (χ2n) is 10.4. The third-order valence-electron chi connectivity index (χ3n) is 8.10. The van der Waals surface area contributed by atoms with Gasteiger partial charge in [0.2, 0.25) is 11.8 Å². The van der Waals surface area contributed by atoms with Crippen molar-refractivity contribution in [2.45, 2.75) is 36.2 Å². The molecule has 3 atom stereocenters. The smallest absolute Gasteiger partial charge is 0.329 e. The summed E-state index contributed by atoms with van der Waals surface area (Å²) < 4.78 is 19.6. The maximum atomic E-state index is 14.2. The van der Waals surface area contributed by atoms with Gasteiger partial charge in [0.05, 0.1) is 11.8 Å². The lowest BCUT2D eigenvalue weighted by molar-refractivity contribution is -0.162. The molecule has 1 aliphatic heterocycles. The Morgan fingerprint density at radius 2 is 1.26 bits per heavy atom. The van der Waals surface area contributed by atoms with Crippen molar-refractivity contribution in [2.24, 2.45) is 17.8 Å². The van der Waals surface area contributed by atoms with Crippen molar-refractivity contribution in [3.8, 4) is 0 Å². The molecule has 0 unspecified atom stereocenters. The molecule has 1 fully saturated rings. The van der Waals surface area contributed by atoms with Crippen molar-refractivity contribution in [3.05, 3.63) is 106 Å². The molecule has 0 aromatic heterocycles. The number of alkyl halides is 2. The molecule has 194 valence electrons. The van der Waals surface area contributed by atoms with Gasteiger partial charge in [-0.3, -0.25) is 14.5 Å². The molecule has 1 heterocycles. The average molecular weight is 552 g/mol. The number of likely N-dealkylation sites (tertiary alicyclic amines) is 1. The molecule has 0 spiro atoms. The van der Waals surface area contributed by atoms with Crippen LogP contribution in [0, 0.1) is 23.6 Å². The van der Waals surface area contributed by atoms with E-state index in [2.05, 4.69) is 0 Å². The molecular formula is C30H24Cl2FNO4. The number of halogens is 3. The lowest BCUT2D eigenvalue weighted by Crippen LogP contribution is -2.57. The van der Waals surface area contributed by atoms with Crippen LogP contribution in [0.1, 0.15) is 41.7 Å². The molecular weight excluding hydrogens is 528 g/mol. The second-order valence-corrected chi connectivity index (χ2v) is 11.6. The predicted molar refractivity (Wildman–Crippen MR) is 140 cm³/mol. The van der Waals surface area contributed by atoms with Crippen molar-refractivity contribution in [2.75, 3.05) is 0 Å². The number of hydrogen-bond acceptors (Lipinski definition) is 4. The molecule has 3 aromatic rings. The van der Waals surface area contributed by atoms with Crippen LogP contribution in [0.4, 0.5) is 4.39 Å². The monoisotopic (exact) mass is 551 g/mol. The summed E-state index contributed by atoms with van der Waals surface area (Å²) in [4.78, 5) is 40.0. The van der Waals surface area contributed by atoms with Crippen LogP contribution < -0.4 is 0 Å². The number of esters is 1. The highest BCUT2D eigenvalue weighted by Crippen LogP contribution is 2.69. The third kappa shape index (κ3) is 3.13. The Bertz CT molecular complexity index is 1380. The molecule has 4 aliphatic rings. The first-order chi connectivity index (χ1) is 18.1. The third-order valence-corrected chi connectivity index (χ3v) is 9.38. The Morgan fingerprint density at radius 1 is 0.842 bits per heavy atom. The molecule has 7 rings (SSSR count). The number of nitrogens with zero attached hydrogens (tertiary/aromatic N) is 1. The molecule has 0 N–H and O–H groups in total. The summed E-state index contributed by atoms with van der Waals surface area (Å²) in [5.74, 6) is -4.94. The lowest BCUT2D eigenvalue weighted by Gasteiger charge is -2.54. The Morgan fingerprint density at radius 3 is 1.68 bits per heavy atom. The summed E-state index contributed by atoms with van der Waals surface area (Å²) in [6.45, 7) is 3.12. The number of amides is 2. The minimum atomic E-state index is -1.34. The van der Waals surface area contributed by atoms with Gasteiger partial charge in [-0.1, -0.05) is 80.6 Å². The molecule has 5 nitrogen and oxygen atoms in total. The van der Waals surface area contributed by atoms with Crippen LogP contribution in [-0.2, 0) is 35.5 Å². The van der Waals surface area contributed by atoms with Crippen LogP contribution in [-0.4, -0.2) is 28.7 Å². The second kappa shape index (κ2) is 8.65. The summed E-state index contributed by atoms with van der Waals surface area (Å²) >= 11 is 14.9. The van der Waals surface area contributed by atoms with Gasteiger partial charge in [-0.2, -0.15) is 0 Å². The van der Waals surface area contributed by atoms with E-state index in [1.165, 1.54) is 18.2 Å². The summed E-state index contributed by atoms with van der Waals surface area (Å²) in [6, 6.07) is 19.4. The van der Waals surface area contributed by atoms with Crippen molar-refractivity contribution in [3.63, 3.8) is 0 Å². The highest BCUT2D eigenvalue weighted by atomic mass is 35.5. The van der Waals surface area contributed by atoms with Gasteiger partial charge >= 0.3 is 5.97 Å². The first kappa shape index (κ1) is 25.1.